The van der Waals surface area contributed by atoms with Crippen molar-refractivity contribution >= 4 is 77.0 Å². The van der Waals surface area contributed by atoms with E-state index >= 15 is 0 Å². The molecule has 0 amide bonds. The van der Waals surface area contributed by atoms with E-state index in [0.717, 1.165) is 0 Å². The summed E-state index contributed by atoms with van der Waals surface area (Å²) >= 11 is 13.3. The molecule has 2 atom stereocenters. The van der Waals surface area contributed by atoms with Crippen LogP contribution in [0.3, 0.4) is 0 Å². The molecule has 0 radical (unpaired) electrons. The van der Waals surface area contributed by atoms with Crippen molar-refractivity contribution in [1.82, 2.24) is 4.31 Å². The highest BCUT2D eigenvalue weighted by Crippen LogP contribution is 2.64. The summed E-state index contributed by atoms with van der Waals surface area (Å²) in [4.78, 5) is 12.7. The summed E-state index contributed by atoms with van der Waals surface area (Å²) in [6.07, 6.45) is 0. The molecule has 2 unspecified atom stereocenters. The van der Waals surface area contributed by atoms with Gasteiger partial charge in [0.25, 0.3) is 15.1 Å². The lowest BCUT2D eigenvalue weighted by molar-refractivity contribution is -0.111. The molecule has 0 aromatic rings. The lowest BCUT2D eigenvalue weighted by atomic mass is 10.4. The van der Waals surface area contributed by atoms with E-state index < -0.39 is 24.2 Å². The van der Waals surface area contributed by atoms with Crippen LogP contribution in [-0.4, -0.2) is 45.0 Å². The first-order valence-corrected chi connectivity index (χ1v) is 13.7. The van der Waals surface area contributed by atoms with E-state index in [2.05, 4.69) is 0 Å². The summed E-state index contributed by atoms with van der Waals surface area (Å²) in [6, 6.07) is 0. The second-order valence-corrected chi connectivity index (χ2v) is 12.4. The van der Waals surface area contributed by atoms with Crippen LogP contribution in [0.1, 0.15) is 20.8 Å². The van der Waals surface area contributed by atoms with Crippen LogP contribution in [0.15, 0.2) is 0 Å². The smallest absolute Gasteiger partial charge is 0.277 e. The summed E-state index contributed by atoms with van der Waals surface area (Å²) in [5, 5.41) is -1.65. The van der Waals surface area contributed by atoms with Crippen molar-refractivity contribution in [3.63, 3.8) is 0 Å². The van der Waals surface area contributed by atoms with Gasteiger partial charge in [-0.25, -0.2) is 8.42 Å². The number of nitrogens with zero attached hydrogens (tertiary/aromatic N) is 1. The first-order chi connectivity index (χ1) is 9.34. The van der Waals surface area contributed by atoms with Crippen molar-refractivity contribution in [2.24, 2.45) is 0 Å². The number of sulfonamides is 1. The molecule has 1 heterocycles. The van der Waals surface area contributed by atoms with Crippen molar-refractivity contribution in [2.45, 2.75) is 29.9 Å². The minimum Gasteiger partial charge on any atom is -0.277 e. The topological polar surface area (TPSA) is 54.5 Å². The number of hydrogen-bond acceptors (Lipinski definition) is 7. The van der Waals surface area contributed by atoms with E-state index in [1.54, 1.807) is 6.92 Å². The maximum Gasteiger partial charge on any atom is 0.390 e. The zero-order valence-electron chi connectivity index (χ0n) is 11.3. The standard InChI is InChI=1S/C9H15NO3P2S5/c1-4-10-9(14-16,15-17)8(18-5-2,19-6-3)7(11)20(10,12)13/h4-6H2,1-3H3/p+2. The van der Waals surface area contributed by atoms with Crippen LogP contribution in [-0.2, 0) is 38.4 Å². The summed E-state index contributed by atoms with van der Waals surface area (Å²) < 4.78 is 25.2. The summed E-state index contributed by atoms with van der Waals surface area (Å²) in [6.45, 7) is 5.80. The quantitative estimate of drug-likeness (QED) is 0.472. The first kappa shape index (κ1) is 19.4. The molecule has 0 aromatic carbocycles. The molecule has 0 aliphatic carbocycles. The fourth-order valence-electron chi connectivity index (χ4n) is 2.20. The highest BCUT2D eigenvalue weighted by molar-refractivity contribution is 8.25. The molecule has 4 nitrogen and oxygen atoms in total. The molecule has 1 rings (SSSR count). The van der Waals surface area contributed by atoms with Gasteiger partial charge in [0, 0.05) is 6.54 Å². The third-order valence-corrected chi connectivity index (χ3v) is 14.7. The zero-order valence-corrected chi connectivity index (χ0v) is 17.4. The predicted octanol–water partition coefficient (Wildman–Crippen LogP) is 2.32. The van der Waals surface area contributed by atoms with E-state index in [4.69, 9.17) is 23.6 Å². The Morgan fingerprint density at radius 2 is 1.60 bits per heavy atom. The lowest BCUT2D eigenvalue weighted by Gasteiger charge is -2.28. The van der Waals surface area contributed by atoms with Crippen molar-refractivity contribution in [3.8, 4) is 0 Å². The zero-order chi connectivity index (χ0) is 15.6. The molecule has 1 fully saturated rings. The highest BCUT2D eigenvalue weighted by Gasteiger charge is 2.81. The van der Waals surface area contributed by atoms with Gasteiger partial charge in [0.1, 0.15) is 0 Å². The van der Waals surface area contributed by atoms with Crippen molar-refractivity contribution in [1.29, 1.82) is 0 Å². The largest absolute Gasteiger partial charge is 0.390 e. The van der Waals surface area contributed by atoms with Crippen molar-refractivity contribution in [3.05, 3.63) is 0 Å². The van der Waals surface area contributed by atoms with Gasteiger partial charge in [0.05, 0.1) is 0 Å². The number of carbonyl (C=O) groups excluding carboxylic acids is 1. The monoisotopic (exact) mass is 409 g/mol. The minimum atomic E-state index is -3.97. The molecular weight excluding hydrogens is 392 g/mol. The number of rotatable bonds is 7. The predicted molar refractivity (Wildman–Crippen MR) is 99.4 cm³/mol. The maximum absolute atomic E-state index is 12.7. The fourth-order valence-corrected chi connectivity index (χ4v) is 15.6. The van der Waals surface area contributed by atoms with Crippen LogP contribution in [0.5, 0.6) is 0 Å². The normalized spacial score (nSPS) is 29.2. The van der Waals surface area contributed by atoms with Crippen LogP contribution >= 0.6 is 38.2 Å². The minimum absolute atomic E-state index is 0.132. The average molecular weight is 410 g/mol. The van der Waals surface area contributed by atoms with Gasteiger partial charge in [-0.15, -0.1) is 27.8 Å². The highest BCUT2D eigenvalue weighted by atomic mass is 32.4. The first-order valence-electron chi connectivity index (χ1n) is 5.98. The Morgan fingerprint density at radius 3 is 1.90 bits per heavy atom. The Labute approximate surface area is 141 Å². The average Bonchev–Trinajstić information content (AvgIpc) is 2.55. The van der Waals surface area contributed by atoms with Gasteiger partial charge in [-0.1, -0.05) is 20.8 Å². The third kappa shape index (κ3) is 2.56. The summed E-state index contributed by atoms with van der Waals surface area (Å²) in [7, 11) is -4.23. The molecule has 0 N–H and O–H groups in total. The van der Waals surface area contributed by atoms with E-state index in [0.29, 0.717) is 11.5 Å². The van der Waals surface area contributed by atoms with Gasteiger partial charge in [-0.3, -0.25) is 4.79 Å². The summed E-state index contributed by atoms with van der Waals surface area (Å²) in [5.41, 5.74) is 0. The Kier molecular flexibility index (Phi) is 7.03. The molecule has 0 spiro atoms. The number of thioether (sulfide) groups is 2. The van der Waals surface area contributed by atoms with Crippen molar-refractivity contribution in [2.75, 3.05) is 18.1 Å². The molecule has 114 valence electrons. The Balaban J connectivity index is 3.72. The third-order valence-electron chi connectivity index (χ3n) is 2.92. The van der Waals surface area contributed by atoms with E-state index in [-0.39, 0.29) is 21.3 Å². The van der Waals surface area contributed by atoms with Gasteiger partial charge in [0.15, 0.2) is 23.6 Å². The van der Waals surface area contributed by atoms with E-state index in [1.807, 2.05) is 13.8 Å². The number of hydrogen-bond donors (Lipinski definition) is 0. The Morgan fingerprint density at radius 1 is 1.15 bits per heavy atom. The van der Waals surface area contributed by atoms with Crippen LogP contribution in [0.4, 0.5) is 0 Å². The molecule has 1 aliphatic heterocycles. The molecular formula is C9H17NO3P2S5+2. The molecule has 11 heteroatoms. The number of carbonyl (C=O) groups is 1. The molecule has 0 aromatic heterocycles. The lowest BCUT2D eigenvalue weighted by Crippen LogP contribution is -2.48. The second-order valence-electron chi connectivity index (χ2n) is 3.85. The van der Waals surface area contributed by atoms with Gasteiger partial charge >= 0.3 is 5.02 Å². The van der Waals surface area contributed by atoms with Crippen LogP contribution in [0, 0.1) is 0 Å². The van der Waals surface area contributed by atoms with Gasteiger partial charge in [-0.2, -0.15) is 0 Å². The SMILES string of the molecule is CCSC1(SCC)C(=O)S(=O)(=O)N(CC)C1([PH+]=S)[PH+]=S. The fraction of sp³-hybridized carbons (Fsp3) is 0.889. The van der Waals surface area contributed by atoms with Gasteiger partial charge < -0.3 is 0 Å². The second kappa shape index (κ2) is 7.26. The maximum atomic E-state index is 12.7. The summed E-state index contributed by atoms with van der Waals surface area (Å²) in [5.74, 6) is 1.29. The van der Waals surface area contributed by atoms with Gasteiger partial charge in [-0.05, 0) is 11.5 Å². The molecule has 1 saturated heterocycles. The molecule has 0 bridgehead atoms. The van der Waals surface area contributed by atoms with Crippen LogP contribution in [0.2, 0.25) is 0 Å². The molecule has 20 heavy (non-hydrogen) atoms. The molecule has 1 aliphatic rings. The molecule has 0 saturated carbocycles. The Hall–Kier alpha value is 1.32. The van der Waals surface area contributed by atoms with Gasteiger partial charge in [0.2, 0.25) is 18.8 Å². The van der Waals surface area contributed by atoms with Crippen LogP contribution < -0.4 is 0 Å². The van der Waals surface area contributed by atoms with Crippen LogP contribution in [0.25, 0.3) is 0 Å². The van der Waals surface area contributed by atoms with Crippen molar-refractivity contribution < 1.29 is 13.2 Å². The van der Waals surface area contributed by atoms with E-state index in [9.17, 15) is 13.2 Å². The Bertz CT molecular complexity index is 510. The van der Waals surface area contributed by atoms with E-state index in [1.165, 1.54) is 27.8 Å².